The Hall–Kier alpha value is -2.92. The van der Waals surface area contributed by atoms with Crippen LogP contribution in [-0.4, -0.2) is 28.0 Å². The maximum absolute atomic E-state index is 11.5. The van der Waals surface area contributed by atoms with Crippen LogP contribution in [0.1, 0.15) is 17.3 Å². The van der Waals surface area contributed by atoms with Gasteiger partial charge in [-0.05, 0) is 16.7 Å². The summed E-state index contributed by atoms with van der Waals surface area (Å²) < 4.78 is 0. The first-order valence-electron chi connectivity index (χ1n) is 8.41. The van der Waals surface area contributed by atoms with E-state index in [9.17, 15) is 4.79 Å². The van der Waals surface area contributed by atoms with Crippen LogP contribution in [-0.2, 0) is 6.54 Å². The van der Waals surface area contributed by atoms with Crippen LogP contribution in [0.5, 0.6) is 0 Å². The van der Waals surface area contributed by atoms with E-state index in [4.69, 9.17) is 5.73 Å². The summed E-state index contributed by atoms with van der Waals surface area (Å²) in [5.41, 5.74) is 9.21. The molecule has 5 nitrogen and oxygen atoms in total. The first-order chi connectivity index (χ1) is 12.2. The molecule has 2 heterocycles. The molecule has 3 N–H and O–H groups in total. The minimum Gasteiger partial charge on any atom is -0.383 e. The van der Waals surface area contributed by atoms with E-state index in [1.807, 2.05) is 6.07 Å². The number of anilines is 1. The molecule has 126 valence electrons. The Bertz CT molecular complexity index is 912. The van der Waals surface area contributed by atoms with Crippen LogP contribution in [0, 0.1) is 0 Å². The summed E-state index contributed by atoms with van der Waals surface area (Å²) in [6.45, 7) is 2.66. The molecule has 1 aliphatic heterocycles. The Labute approximate surface area is 146 Å². The number of benzene rings is 2. The van der Waals surface area contributed by atoms with E-state index in [-0.39, 0.29) is 17.3 Å². The highest BCUT2D eigenvalue weighted by Gasteiger charge is 2.29. The van der Waals surface area contributed by atoms with E-state index in [1.54, 1.807) is 0 Å². The van der Waals surface area contributed by atoms with Crippen molar-refractivity contribution in [2.45, 2.75) is 12.5 Å². The molecule has 1 saturated heterocycles. The van der Waals surface area contributed by atoms with Gasteiger partial charge in [0.1, 0.15) is 11.6 Å². The Balaban J connectivity index is 1.37. The van der Waals surface area contributed by atoms with E-state index in [0.717, 1.165) is 19.6 Å². The van der Waals surface area contributed by atoms with Crippen LogP contribution in [0.2, 0.25) is 0 Å². The second-order valence-electron chi connectivity index (χ2n) is 6.51. The number of nitrogens with zero attached hydrogens (tertiary/aromatic N) is 2. The van der Waals surface area contributed by atoms with Crippen LogP contribution >= 0.6 is 0 Å². The molecule has 0 bridgehead atoms. The third-order valence-corrected chi connectivity index (χ3v) is 4.59. The molecule has 0 radical (unpaired) electrons. The number of aromatic nitrogens is 2. The average molecular weight is 332 g/mol. The van der Waals surface area contributed by atoms with Crippen molar-refractivity contribution in [2.75, 3.05) is 18.8 Å². The largest absolute Gasteiger partial charge is 0.383 e. The van der Waals surface area contributed by atoms with Crippen LogP contribution in [0.15, 0.2) is 65.5 Å². The third kappa shape index (κ3) is 3.46. The summed E-state index contributed by atoms with van der Waals surface area (Å²) >= 11 is 0. The molecule has 0 aliphatic carbocycles. The molecule has 1 aliphatic rings. The molecular weight excluding hydrogens is 312 g/mol. The zero-order valence-electron chi connectivity index (χ0n) is 13.9. The lowest BCUT2D eigenvalue weighted by atomic mass is 9.97. The minimum atomic E-state index is -0.183. The van der Waals surface area contributed by atoms with Gasteiger partial charge in [-0.25, -0.2) is 4.98 Å². The van der Waals surface area contributed by atoms with E-state index in [2.05, 4.69) is 63.4 Å². The number of nitrogens with one attached hydrogen (secondary N) is 1. The van der Waals surface area contributed by atoms with Gasteiger partial charge in [-0.3, -0.25) is 9.69 Å². The summed E-state index contributed by atoms with van der Waals surface area (Å²) in [4.78, 5) is 20.9. The minimum absolute atomic E-state index is 0.183. The third-order valence-electron chi connectivity index (χ3n) is 4.59. The van der Waals surface area contributed by atoms with Gasteiger partial charge in [0, 0.05) is 31.6 Å². The molecule has 0 atom stereocenters. The lowest BCUT2D eigenvalue weighted by Gasteiger charge is -2.38. The number of hydrogen-bond acceptors (Lipinski definition) is 4. The van der Waals surface area contributed by atoms with E-state index >= 15 is 0 Å². The van der Waals surface area contributed by atoms with Crippen LogP contribution in [0.3, 0.4) is 0 Å². The molecular formula is C20H20N4O. The number of nitrogen functional groups attached to an aromatic ring is 1. The Morgan fingerprint density at radius 3 is 2.40 bits per heavy atom. The number of H-pyrrole nitrogens is 1. The number of aromatic amines is 1. The SMILES string of the molecule is Nc1cc(=O)[nH]c(C2CN(Cc3ccc(-c4ccccc4)cc3)C2)n1. The van der Waals surface area contributed by atoms with Crippen LogP contribution in [0.25, 0.3) is 11.1 Å². The van der Waals surface area contributed by atoms with Crippen molar-refractivity contribution >= 4 is 5.82 Å². The number of nitrogens with two attached hydrogens (primary N) is 1. The Kier molecular flexibility index (Phi) is 4.07. The zero-order valence-corrected chi connectivity index (χ0v) is 13.9. The fraction of sp³-hybridized carbons (Fsp3) is 0.200. The van der Waals surface area contributed by atoms with E-state index in [0.29, 0.717) is 5.82 Å². The van der Waals surface area contributed by atoms with Gasteiger partial charge in [-0.2, -0.15) is 0 Å². The van der Waals surface area contributed by atoms with Crippen molar-refractivity contribution in [3.05, 3.63) is 82.4 Å². The number of rotatable bonds is 4. The maximum Gasteiger partial charge on any atom is 0.252 e. The molecule has 5 heteroatoms. The highest BCUT2D eigenvalue weighted by molar-refractivity contribution is 5.63. The predicted octanol–water partition coefficient (Wildman–Crippen LogP) is 2.62. The van der Waals surface area contributed by atoms with Crippen molar-refractivity contribution in [2.24, 2.45) is 0 Å². The average Bonchev–Trinajstić information content (AvgIpc) is 2.58. The highest BCUT2D eigenvalue weighted by atomic mass is 16.1. The monoisotopic (exact) mass is 332 g/mol. The highest BCUT2D eigenvalue weighted by Crippen LogP contribution is 2.26. The number of hydrogen-bond donors (Lipinski definition) is 2. The molecule has 25 heavy (non-hydrogen) atoms. The summed E-state index contributed by atoms with van der Waals surface area (Å²) in [7, 11) is 0. The Morgan fingerprint density at radius 1 is 1.04 bits per heavy atom. The van der Waals surface area contributed by atoms with Crippen molar-refractivity contribution in [1.82, 2.24) is 14.9 Å². The van der Waals surface area contributed by atoms with E-state index in [1.165, 1.54) is 22.8 Å². The summed E-state index contributed by atoms with van der Waals surface area (Å²) in [6.07, 6.45) is 0. The van der Waals surface area contributed by atoms with Crippen molar-refractivity contribution < 1.29 is 0 Å². The second-order valence-corrected chi connectivity index (χ2v) is 6.51. The fourth-order valence-electron chi connectivity index (χ4n) is 3.25. The topological polar surface area (TPSA) is 75.0 Å². The molecule has 1 aromatic heterocycles. The number of likely N-dealkylation sites (tertiary alicyclic amines) is 1. The van der Waals surface area contributed by atoms with Crippen molar-refractivity contribution in [1.29, 1.82) is 0 Å². The molecule has 1 fully saturated rings. The van der Waals surface area contributed by atoms with Crippen LogP contribution < -0.4 is 11.3 Å². The van der Waals surface area contributed by atoms with E-state index < -0.39 is 0 Å². The van der Waals surface area contributed by atoms with Gasteiger partial charge < -0.3 is 10.7 Å². The molecule has 0 amide bonds. The lowest BCUT2D eigenvalue weighted by molar-refractivity contribution is 0.134. The smallest absolute Gasteiger partial charge is 0.252 e. The maximum atomic E-state index is 11.5. The lowest BCUT2D eigenvalue weighted by Crippen LogP contribution is -2.45. The summed E-state index contributed by atoms with van der Waals surface area (Å²) in [6, 6.07) is 20.4. The molecule has 4 rings (SSSR count). The van der Waals surface area contributed by atoms with Gasteiger partial charge in [0.15, 0.2) is 0 Å². The van der Waals surface area contributed by atoms with Gasteiger partial charge in [0.05, 0.1) is 0 Å². The molecule has 0 saturated carbocycles. The quantitative estimate of drug-likeness (QED) is 0.770. The van der Waals surface area contributed by atoms with Crippen molar-refractivity contribution in [3.8, 4) is 11.1 Å². The first kappa shape index (κ1) is 15.6. The van der Waals surface area contributed by atoms with Gasteiger partial charge in [0.25, 0.3) is 5.56 Å². The molecule has 2 aromatic carbocycles. The molecule has 0 spiro atoms. The van der Waals surface area contributed by atoms with Crippen molar-refractivity contribution in [3.63, 3.8) is 0 Å². The second kappa shape index (κ2) is 6.53. The van der Waals surface area contributed by atoms with Gasteiger partial charge in [0.2, 0.25) is 0 Å². The molecule has 3 aromatic rings. The Morgan fingerprint density at radius 2 is 1.72 bits per heavy atom. The fourth-order valence-corrected chi connectivity index (χ4v) is 3.25. The van der Waals surface area contributed by atoms with Gasteiger partial charge in [-0.15, -0.1) is 0 Å². The summed E-state index contributed by atoms with van der Waals surface area (Å²) in [5.74, 6) is 1.23. The first-order valence-corrected chi connectivity index (χ1v) is 8.41. The molecule has 0 unspecified atom stereocenters. The van der Waals surface area contributed by atoms with Gasteiger partial charge >= 0.3 is 0 Å². The summed E-state index contributed by atoms with van der Waals surface area (Å²) in [5, 5.41) is 0. The zero-order chi connectivity index (χ0) is 17.2. The van der Waals surface area contributed by atoms with Crippen LogP contribution in [0.4, 0.5) is 5.82 Å². The standard InChI is InChI=1S/C20H20N4O/c21-18-10-19(25)23-20(22-18)17-12-24(13-17)11-14-6-8-16(9-7-14)15-4-2-1-3-5-15/h1-10,17H,11-13H2,(H3,21,22,23,25). The van der Waals surface area contributed by atoms with Gasteiger partial charge in [-0.1, -0.05) is 54.6 Å². The predicted molar refractivity (Wildman–Crippen MR) is 99.2 cm³/mol. The normalized spacial score (nSPS) is 15.0.